The predicted octanol–water partition coefficient (Wildman–Crippen LogP) is 2.31. The normalized spacial score (nSPS) is 9.73. The van der Waals surface area contributed by atoms with Crippen molar-refractivity contribution in [2.24, 2.45) is 0 Å². The van der Waals surface area contributed by atoms with Crippen LogP contribution in [0.1, 0.15) is 6.92 Å². The molecule has 1 N–H and O–H groups in total. The van der Waals surface area contributed by atoms with Gasteiger partial charge in [0.2, 0.25) is 0 Å². The Balaban J connectivity index is 2.80. The first kappa shape index (κ1) is 11.8. The first-order valence-electron chi connectivity index (χ1n) is 4.40. The molecule has 0 heterocycles. The second-order valence-electron chi connectivity index (χ2n) is 2.71. The van der Waals surface area contributed by atoms with Gasteiger partial charge in [-0.2, -0.15) is 0 Å². The van der Waals surface area contributed by atoms with Crippen molar-refractivity contribution in [3.63, 3.8) is 0 Å². The maximum absolute atomic E-state index is 10.3. The molecule has 0 amide bonds. The minimum absolute atomic E-state index is 0.373. The molecule has 0 spiro atoms. The van der Waals surface area contributed by atoms with Crippen LogP contribution in [0.5, 0.6) is 11.5 Å². The quantitative estimate of drug-likeness (QED) is 0.895. The Labute approximate surface area is 95.9 Å². The fourth-order valence-corrected chi connectivity index (χ4v) is 1.35. The summed E-state index contributed by atoms with van der Waals surface area (Å²) in [4.78, 5) is 10.3. The summed E-state index contributed by atoms with van der Waals surface area (Å²) in [6, 6.07) is 5.17. The SMILES string of the molecule is CCOc1cc(Br)ccc1OCC(=O)O. The van der Waals surface area contributed by atoms with Crippen molar-refractivity contribution in [1.29, 1.82) is 0 Å². The maximum Gasteiger partial charge on any atom is 0.341 e. The van der Waals surface area contributed by atoms with Gasteiger partial charge in [-0.25, -0.2) is 4.79 Å². The van der Waals surface area contributed by atoms with Crippen LogP contribution in [0, 0.1) is 0 Å². The largest absolute Gasteiger partial charge is 0.490 e. The van der Waals surface area contributed by atoms with E-state index in [2.05, 4.69) is 15.9 Å². The van der Waals surface area contributed by atoms with Gasteiger partial charge in [0.05, 0.1) is 6.61 Å². The fraction of sp³-hybridized carbons (Fsp3) is 0.300. The summed E-state index contributed by atoms with van der Waals surface area (Å²) in [7, 11) is 0. The summed E-state index contributed by atoms with van der Waals surface area (Å²) in [5.41, 5.74) is 0. The van der Waals surface area contributed by atoms with Gasteiger partial charge in [0.15, 0.2) is 18.1 Å². The van der Waals surface area contributed by atoms with Gasteiger partial charge in [-0.15, -0.1) is 0 Å². The Morgan fingerprint density at radius 3 is 2.73 bits per heavy atom. The van der Waals surface area contributed by atoms with Gasteiger partial charge in [-0.05, 0) is 25.1 Å². The number of aliphatic carboxylic acids is 1. The van der Waals surface area contributed by atoms with E-state index in [-0.39, 0.29) is 6.61 Å². The van der Waals surface area contributed by atoms with Gasteiger partial charge < -0.3 is 14.6 Å². The second kappa shape index (κ2) is 5.60. The fourth-order valence-electron chi connectivity index (χ4n) is 1.01. The lowest BCUT2D eigenvalue weighted by Crippen LogP contribution is -2.10. The van der Waals surface area contributed by atoms with E-state index >= 15 is 0 Å². The molecule has 0 fully saturated rings. The Morgan fingerprint density at radius 2 is 2.13 bits per heavy atom. The highest BCUT2D eigenvalue weighted by Crippen LogP contribution is 2.30. The lowest BCUT2D eigenvalue weighted by atomic mass is 10.3. The van der Waals surface area contributed by atoms with E-state index in [4.69, 9.17) is 14.6 Å². The molecular weight excluding hydrogens is 264 g/mol. The topological polar surface area (TPSA) is 55.8 Å². The molecule has 4 nitrogen and oxygen atoms in total. The molecule has 0 atom stereocenters. The molecule has 5 heteroatoms. The molecule has 0 aromatic heterocycles. The summed E-state index contributed by atoms with van der Waals surface area (Å²) < 4.78 is 11.2. The van der Waals surface area contributed by atoms with Crippen LogP contribution in [-0.2, 0) is 4.79 Å². The van der Waals surface area contributed by atoms with E-state index < -0.39 is 5.97 Å². The smallest absolute Gasteiger partial charge is 0.341 e. The van der Waals surface area contributed by atoms with Gasteiger partial charge in [0.1, 0.15) is 0 Å². The minimum atomic E-state index is -1.01. The first-order valence-corrected chi connectivity index (χ1v) is 5.19. The first-order chi connectivity index (χ1) is 7.13. The number of rotatable bonds is 5. The van der Waals surface area contributed by atoms with Gasteiger partial charge in [-0.3, -0.25) is 0 Å². The van der Waals surface area contributed by atoms with E-state index in [9.17, 15) is 4.79 Å². The van der Waals surface area contributed by atoms with E-state index in [0.717, 1.165) is 4.47 Å². The van der Waals surface area contributed by atoms with Gasteiger partial charge >= 0.3 is 5.97 Å². The molecule has 1 rings (SSSR count). The Kier molecular flexibility index (Phi) is 4.42. The lowest BCUT2D eigenvalue weighted by Gasteiger charge is -2.10. The van der Waals surface area contributed by atoms with Crippen molar-refractivity contribution in [2.45, 2.75) is 6.92 Å². The van der Waals surface area contributed by atoms with Crippen LogP contribution >= 0.6 is 15.9 Å². The molecule has 82 valence electrons. The highest BCUT2D eigenvalue weighted by molar-refractivity contribution is 9.10. The maximum atomic E-state index is 10.3. The molecule has 0 bridgehead atoms. The molecule has 0 saturated carbocycles. The monoisotopic (exact) mass is 274 g/mol. The Morgan fingerprint density at radius 1 is 1.40 bits per heavy atom. The number of hydrogen-bond donors (Lipinski definition) is 1. The molecular formula is C10H11BrO4. The van der Waals surface area contributed by atoms with Crippen LogP contribution in [0.25, 0.3) is 0 Å². The molecule has 0 unspecified atom stereocenters. The Bertz CT molecular complexity index is 351. The summed E-state index contributed by atoms with van der Waals surface area (Å²) in [5, 5.41) is 8.48. The summed E-state index contributed by atoms with van der Waals surface area (Å²) in [5.74, 6) is -0.0454. The molecule has 1 aromatic rings. The molecule has 0 radical (unpaired) electrons. The van der Waals surface area contributed by atoms with Crippen molar-refractivity contribution < 1.29 is 19.4 Å². The number of hydrogen-bond acceptors (Lipinski definition) is 3. The zero-order valence-corrected chi connectivity index (χ0v) is 9.78. The Hall–Kier alpha value is -1.23. The summed E-state index contributed by atoms with van der Waals surface area (Å²) in [6.45, 7) is 1.98. The van der Waals surface area contributed by atoms with Crippen molar-refractivity contribution in [3.8, 4) is 11.5 Å². The third kappa shape index (κ3) is 3.79. The van der Waals surface area contributed by atoms with Crippen molar-refractivity contribution in [1.82, 2.24) is 0 Å². The van der Waals surface area contributed by atoms with Crippen molar-refractivity contribution in [2.75, 3.05) is 13.2 Å². The van der Waals surface area contributed by atoms with Gasteiger partial charge in [0, 0.05) is 4.47 Å². The number of halogens is 1. The average molecular weight is 275 g/mol. The number of carbonyl (C=O) groups is 1. The van der Waals surface area contributed by atoms with Crippen LogP contribution in [0.2, 0.25) is 0 Å². The molecule has 0 saturated heterocycles. The second-order valence-corrected chi connectivity index (χ2v) is 3.62. The van der Waals surface area contributed by atoms with E-state index in [0.29, 0.717) is 18.1 Å². The van der Waals surface area contributed by atoms with Crippen molar-refractivity contribution in [3.05, 3.63) is 22.7 Å². The lowest BCUT2D eigenvalue weighted by molar-refractivity contribution is -0.139. The number of carboxylic acids is 1. The van der Waals surface area contributed by atoms with Gasteiger partial charge in [-0.1, -0.05) is 15.9 Å². The average Bonchev–Trinajstić information content (AvgIpc) is 2.17. The predicted molar refractivity (Wildman–Crippen MR) is 58.4 cm³/mol. The van der Waals surface area contributed by atoms with Crippen LogP contribution in [-0.4, -0.2) is 24.3 Å². The number of ether oxygens (including phenoxy) is 2. The van der Waals surface area contributed by atoms with E-state index in [1.54, 1.807) is 18.2 Å². The zero-order chi connectivity index (χ0) is 11.3. The van der Waals surface area contributed by atoms with Gasteiger partial charge in [0.25, 0.3) is 0 Å². The van der Waals surface area contributed by atoms with Crippen LogP contribution in [0.3, 0.4) is 0 Å². The zero-order valence-electron chi connectivity index (χ0n) is 8.20. The molecule has 1 aromatic carbocycles. The van der Waals surface area contributed by atoms with Crippen LogP contribution in [0.4, 0.5) is 0 Å². The van der Waals surface area contributed by atoms with Crippen LogP contribution < -0.4 is 9.47 Å². The summed E-state index contributed by atoms with van der Waals surface area (Å²) >= 11 is 3.29. The molecule has 15 heavy (non-hydrogen) atoms. The highest BCUT2D eigenvalue weighted by atomic mass is 79.9. The minimum Gasteiger partial charge on any atom is -0.490 e. The third-order valence-electron chi connectivity index (χ3n) is 1.56. The molecule has 0 aliphatic carbocycles. The third-order valence-corrected chi connectivity index (χ3v) is 2.05. The summed E-state index contributed by atoms with van der Waals surface area (Å²) in [6.07, 6.45) is 0. The molecule has 0 aliphatic heterocycles. The number of benzene rings is 1. The van der Waals surface area contributed by atoms with Crippen molar-refractivity contribution >= 4 is 21.9 Å². The van der Waals surface area contributed by atoms with E-state index in [1.807, 2.05) is 6.92 Å². The number of carboxylic acid groups (broad SMARTS) is 1. The molecule has 0 aliphatic rings. The highest BCUT2D eigenvalue weighted by Gasteiger charge is 2.07. The van der Waals surface area contributed by atoms with E-state index in [1.165, 1.54) is 0 Å². The van der Waals surface area contributed by atoms with Crippen LogP contribution in [0.15, 0.2) is 22.7 Å². The standard InChI is InChI=1S/C10H11BrO4/c1-2-14-9-5-7(11)3-4-8(9)15-6-10(12)13/h3-5H,2,6H2,1H3,(H,12,13).